The molecule has 0 spiro atoms. The summed E-state index contributed by atoms with van der Waals surface area (Å²) >= 11 is 0. The highest BCUT2D eigenvalue weighted by molar-refractivity contribution is 7.70. The normalized spacial score (nSPS) is 12.7. The van der Waals surface area contributed by atoms with Crippen LogP contribution in [0.2, 0.25) is 0 Å². The van der Waals surface area contributed by atoms with E-state index >= 15 is 0 Å². The van der Waals surface area contributed by atoms with Crippen molar-refractivity contribution in [3.05, 3.63) is 33.9 Å². The van der Waals surface area contributed by atoms with Gasteiger partial charge in [0.05, 0.1) is 11.4 Å². The third kappa shape index (κ3) is 4.26. The molecule has 0 saturated carbocycles. The van der Waals surface area contributed by atoms with Crippen LogP contribution in [0, 0.1) is 0 Å². The van der Waals surface area contributed by atoms with Gasteiger partial charge in [0, 0.05) is 28.2 Å². The molecule has 3 aromatic rings. The summed E-state index contributed by atoms with van der Waals surface area (Å²) in [5.74, 6) is 0. The second kappa shape index (κ2) is 7.51. The molecule has 0 radical (unpaired) electrons. The van der Waals surface area contributed by atoms with Gasteiger partial charge in [-0.2, -0.15) is 9.97 Å². The van der Waals surface area contributed by atoms with Crippen LogP contribution in [0.3, 0.4) is 0 Å². The zero-order chi connectivity index (χ0) is 17.1. The highest BCUT2D eigenvalue weighted by atomic mass is 32.9. The van der Waals surface area contributed by atoms with Crippen molar-refractivity contribution in [2.45, 2.75) is 0 Å². The fraction of sp³-hybridized carbons (Fsp3) is 0.286. The highest BCUT2D eigenvalue weighted by Gasteiger charge is 2.02. The maximum atomic E-state index is 4.55. The van der Waals surface area contributed by atoms with Crippen molar-refractivity contribution in [2.75, 3.05) is 38.0 Å². The van der Waals surface area contributed by atoms with Crippen molar-refractivity contribution < 1.29 is 0 Å². The Morgan fingerprint density at radius 1 is 0.667 bits per heavy atom. The maximum Gasteiger partial charge on any atom is 0.222 e. The minimum absolute atomic E-state index is 0.769. The van der Waals surface area contributed by atoms with Gasteiger partial charge in [-0.05, 0) is 65.6 Å². The monoisotopic (exact) mass is 396 g/mol. The molecular weight excluding hydrogens is 380 g/mol. The van der Waals surface area contributed by atoms with Gasteiger partial charge >= 0.3 is 0 Å². The lowest BCUT2D eigenvalue weighted by atomic mass is 10.3. The zero-order valence-electron chi connectivity index (χ0n) is 13.6. The largest absolute Gasteiger partial charge is 0.353 e. The third-order valence-corrected chi connectivity index (χ3v) is 7.16. The van der Waals surface area contributed by atoms with Gasteiger partial charge in [0.15, 0.2) is 10.3 Å². The predicted molar refractivity (Wildman–Crippen MR) is 106 cm³/mol. The summed E-state index contributed by atoms with van der Waals surface area (Å²) in [6.07, 6.45) is 0. The minimum Gasteiger partial charge on any atom is -0.353 e. The van der Waals surface area contributed by atoms with E-state index in [1.165, 1.54) is 0 Å². The lowest BCUT2D eigenvalue weighted by molar-refractivity contribution is 1.08. The summed E-state index contributed by atoms with van der Waals surface area (Å²) in [5, 5.41) is 1.93. The summed E-state index contributed by atoms with van der Waals surface area (Å²) in [6.45, 7) is 0. The van der Waals surface area contributed by atoms with Crippen molar-refractivity contribution in [2.24, 2.45) is 9.98 Å². The van der Waals surface area contributed by atoms with Crippen molar-refractivity contribution in [3.63, 3.8) is 0 Å². The van der Waals surface area contributed by atoms with E-state index < -0.39 is 0 Å². The first-order chi connectivity index (χ1) is 11.5. The summed E-state index contributed by atoms with van der Waals surface area (Å²) in [5.41, 5.74) is 1.74. The van der Waals surface area contributed by atoms with Gasteiger partial charge in [0.2, 0.25) is 9.60 Å². The Balaban J connectivity index is 1.82. The van der Waals surface area contributed by atoms with E-state index in [9.17, 15) is 0 Å². The van der Waals surface area contributed by atoms with Crippen molar-refractivity contribution in [1.29, 1.82) is 0 Å². The summed E-state index contributed by atoms with van der Waals surface area (Å²) in [6, 6.07) is 7.79. The van der Waals surface area contributed by atoms with E-state index in [1.807, 2.05) is 62.3 Å². The molecule has 0 N–H and O–H groups in total. The van der Waals surface area contributed by atoms with Crippen molar-refractivity contribution in [3.8, 4) is 0 Å². The van der Waals surface area contributed by atoms with Crippen LogP contribution in [0.25, 0.3) is 0 Å². The molecule has 0 aliphatic carbocycles. The summed E-state index contributed by atoms with van der Waals surface area (Å²) in [7, 11) is 14.3. The Labute approximate surface area is 154 Å². The van der Waals surface area contributed by atoms with Gasteiger partial charge in [-0.1, -0.05) is 0 Å². The molecule has 0 atom stereocenters. The number of rotatable bonds is 4. The number of aromatic nitrogens is 2. The maximum absolute atomic E-state index is 4.55. The number of nitrogens with zero attached hydrogens (tertiary/aromatic N) is 6. The van der Waals surface area contributed by atoms with E-state index in [4.69, 9.17) is 0 Å². The van der Waals surface area contributed by atoms with E-state index in [-0.39, 0.29) is 0 Å². The molecule has 0 fully saturated rings. The lowest BCUT2D eigenvalue weighted by Crippen LogP contribution is -2.10. The molecule has 0 saturated heterocycles. The van der Waals surface area contributed by atoms with Crippen molar-refractivity contribution >= 4 is 63.0 Å². The second-order valence-corrected chi connectivity index (χ2v) is 9.34. The van der Waals surface area contributed by atoms with Gasteiger partial charge < -0.3 is 9.80 Å². The summed E-state index contributed by atoms with van der Waals surface area (Å²) in [4.78, 5) is 23.6. The fourth-order valence-corrected chi connectivity index (χ4v) is 5.60. The molecule has 2 aromatic heterocycles. The molecule has 0 amide bonds. The molecule has 1 aromatic carbocycles. The van der Waals surface area contributed by atoms with Crippen LogP contribution < -0.4 is 19.4 Å². The molecule has 126 valence electrons. The topological polar surface area (TPSA) is 57.0 Å². The molecule has 0 bridgehead atoms. The van der Waals surface area contributed by atoms with E-state index in [2.05, 4.69) is 20.0 Å². The first kappa shape index (κ1) is 17.2. The number of benzene rings is 1. The van der Waals surface area contributed by atoms with Gasteiger partial charge in [-0.3, -0.25) is 0 Å². The van der Waals surface area contributed by atoms with E-state index in [0.29, 0.717) is 0 Å². The third-order valence-electron chi connectivity index (χ3n) is 2.83. The number of hydrogen-bond donors (Lipinski definition) is 0. The Morgan fingerprint density at radius 3 is 1.33 bits per heavy atom. The average molecular weight is 397 g/mol. The van der Waals surface area contributed by atoms with Crippen LogP contribution >= 0.6 is 41.4 Å². The Kier molecular flexibility index (Phi) is 5.39. The minimum atomic E-state index is 0.769. The lowest BCUT2D eigenvalue weighted by Gasteiger charge is -2.03. The SMILES string of the molecule is CN(C)c1nc(=Nc2ccc(N=c3nc(N(C)C)ss3)cc2)ss1. The summed E-state index contributed by atoms with van der Waals surface area (Å²) < 4.78 is 0. The first-order valence-corrected chi connectivity index (χ1v) is 11.3. The molecule has 3 rings (SSSR count). The van der Waals surface area contributed by atoms with Gasteiger partial charge in [-0.15, -0.1) is 0 Å². The van der Waals surface area contributed by atoms with Crippen molar-refractivity contribution in [1.82, 2.24) is 9.97 Å². The first-order valence-electron chi connectivity index (χ1n) is 7.00. The standard InChI is InChI=1S/C14H16N6S4/c1-19(2)13-17-11(21-23-13)15-9-5-7-10(8-6-9)16-12-18-14(20(3)4)24-22-12/h5-8H,1-4H3. The molecule has 0 aliphatic heterocycles. The smallest absolute Gasteiger partial charge is 0.222 e. The molecule has 10 heteroatoms. The van der Waals surface area contributed by atoms with Crippen LogP contribution in [0.5, 0.6) is 0 Å². The van der Waals surface area contributed by atoms with E-state index in [1.54, 1.807) is 41.4 Å². The molecular formula is C14H16N6S4. The van der Waals surface area contributed by atoms with Gasteiger partial charge in [0.25, 0.3) is 0 Å². The Hall–Kier alpha value is -1.62. The molecule has 6 nitrogen and oxygen atoms in total. The quantitative estimate of drug-likeness (QED) is 0.635. The molecule has 0 unspecified atom stereocenters. The predicted octanol–water partition coefficient (Wildman–Crippen LogP) is 3.32. The zero-order valence-corrected chi connectivity index (χ0v) is 16.9. The average Bonchev–Trinajstić information content (AvgIpc) is 3.19. The Bertz CT molecular complexity index is 852. The number of hydrogen-bond acceptors (Lipinski definition) is 10. The Morgan fingerprint density at radius 2 is 1.04 bits per heavy atom. The molecule has 24 heavy (non-hydrogen) atoms. The second-order valence-electron chi connectivity index (χ2n) is 5.22. The van der Waals surface area contributed by atoms with Crippen LogP contribution in [0.4, 0.5) is 21.6 Å². The van der Waals surface area contributed by atoms with E-state index in [0.717, 1.165) is 31.2 Å². The highest BCUT2D eigenvalue weighted by Crippen LogP contribution is 2.21. The van der Waals surface area contributed by atoms with Crippen LogP contribution in [0.15, 0.2) is 34.3 Å². The van der Waals surface area contributed by atoms with Gasteiger partial charge in [0.1, 0.15) is 0 Å². The van der Waals surface area contributed by atoms with Crippen LogP contribution in [-0.2, 0) is 0 Å². The molecule has 2 heterocycles. The molecule has 0 aliphatic rings. The van der Waals surface area contributed by atoms with Crippen LogP contribution in [0.1, 0.15) is 0 Å². The number of anilines is 2. The van der Waals surface area contributed by atoms with Crippen LogP contribution in [-0.4, -0.2) is 38.2 Å². The van der Waals surface area contributed by atoms with Gasteiger partial charge in [-0.25, -0.2) is 9.98 Å². The fourth-order valence-electron chi connectivity index (χ4n) is 1.65.